The van der Waals surface area contributed by atoms with Crippen LogP contribution < -0.4 is 25.8 Å². The van der Waals surface area contributed by atoms with Crippen LogP contribution in [0.2, 0.25) is 5.02 Å². The van der Waals surface area contributed by atoms with Gasteiger partial charge >= 0.3 is 0 Å². The molecular weight excluding hydrogens is 354 g/mol. The van der Waals surface area contributed by atoms with Crippen molar-refractivity contribution in [3.05, 3.63) is 53.8 Å². The Hall–Kier alpha value is -3.19. The minimum atomic E-state index is 0.345. The molecule has 3 rings (SSSR count). The highest BCUT2D eigenvalue weighted by Crippen LogP contribution is 2.35. The molecule has 1 aromatic heterocycles. The third kappa shape index (κ3) is 3.73. The van der Waals surface area contributed by atoms with Crippen LogP contribution in [0.15, 0.2) is 48.8 Å². The Balaban J connectivity index is 1.92. The number of hydrogen-bond acceptors (Lipinski definition) is 7. The first kappa shape index (κ1) is 17.6. The number of para-hydroxylation sites is 1. The Morgan fingerprint density at radius 2 is 1.62 bits per heavy atom. The van der Waals surface area contributed by atoms with Gasteiger partial charge in [-0.15, -0.1) is 0 Å². The van der Waals surface area contributed by atoms with Crippen LogP contribution in [0.4, 0.5) is 28.7 Å². The van der Waals surface area contributed by atoms with Gasteiger partial charge in [-0.25, -0.2) is 9.97 Å². The number of benzene rings is 2. The third-order valence-electron chi connectivity index (χ3n) is 3.67. The Bertz CT molecular complexity index is 920. The Morgan fingerprint density at radius 3 is 2.27 bits per heavy atom. The van der Waals surface area contributed by atoms with Crippen molar-refractivity contribution < 1.29 is 9.47 Å². The van der Waals surface area contributed by atoms with Gasteiger partial charge in [0.15, 0.2) is 11.6 Å². The van der Waals surface area contributed by atoms with Crippen LogP contribution in [0, 0.1) is 0 Å². The van der Waals surface area contributed by atoms with E-state index < -0.39 is 0 Å². The molecule has 0 spiro atoms. The van der Waals surface area contributed by atoms with Gasteiger partial charge in [-0.2, -0.15) is 0 Å². The molecule has 0 saturated carbocycles. The van der Waals surface area contributed by atoms with Crippen molar-refractivity contribution in [2.24, 2.45) is 0 Å². The number of ether oxygens (including phenoxy) is 2. The summed E-state index contributed by atoms with van der Waals surface area (Å²) in [6, 6.07) is 12.7. The highest BCUT2D eigenvalue weighted by atomic mass is 35.5. The van der Waals surface area contributed by atoms with Gasteiger partial charge < -0.3 is 25.8 Å². The van der Waals surface area contributed by atoms with Gasteiger partial charge in [0.05, 0.1) is 30.6 Å². The number of hydrogen-bond donors (Lipinski definition) is 3. The summed E-state index contributed by atoms with van der Waals surface area (Å²) in [5.41, 5.74) is 7.94. The van der Waals surface area contributed by atoms with E-state index in [0.717, 1.165) is 0 Å². The minimum Gasteiger partial charge on any atom is -0.497 e. The Kier molecular flexibility index (Phi) is 5.28. The lowest BCUT2D eigenvalue weighted by Gasteiger charge is -2.15. The second kappa shape index (κ2) is 7.79. The molecule has 0 radical (unpaired) electrons. The fourth-order valence-electron chi connectivity index (χ4n) is 2.32. The van der Waals surface area contributed by atoms with Crippen molar-refractivity contribution >= 4 is 40.3 Å². The van der Waals surface area contributed by atoms with E-state index in [-0.39, 0.29) is 0 Å². The van der Waals surface area contributed by atoms with Gasteiger partial charge in [0.25, 0.3) is 0 Å². The number of nitrogens with zero attached hydrogens (tertiary/aromatic N) is 2. The lowest BCUT2D eigenvalue weighted by molar-refractivity contribution is 0.405. The van der Waals surface area contributed by atoms with E-state index in [2.05, 4.69) is 20.6 Å². The highest BCUT2D eigenvalue weighted by Gasteiger charge is 2.12. The first-order chi connectivity index (χ1) is 12.6. The van der Waals surface area contributed by atoms with Crippen LogP contribution in [0.25, 0.3) is 0 Å². The maximum absolute atomic E-state index is 6.23. The third-order valence-corrected chi connectivity index (χ3v) is 4.00. The van der Waals surface area contributed by atoms with Gasteiger partial charge in [0.1, 0.15) is 23.5 Å². The second-order valence-electron chi connectivity index (χ2n) is 5.28. The SMILES string of the molecule is COc1ccc(OC)c(Nc2ncnc(Nc3ccccc3Cl)c2N)c1. The number of nitrogen functional groups attached to an aromatic ring is 1. The highest BCUT2D eigenvalue weighted by molar-refractivity contribution is 6.33. The smallest absolute Gasteiger partial charge is 0.159 e. The van der Waals surface area contributed by atoms with E-state index in [1.807, 2.05) is 18.2 Å². The average molecular weight is 372 g/mol. The zero-order valence-electron chi connectivity index (χ0n) is 14.3. The predicted octanol–water partition coefficient (Wildman–Crippen LogP) is 4.22. The lowest BCUT2D eigenvalue weighted by atomic mass is 10.2. The van der Waals surface area contributed by atoms with Crippen molar-refractivity contribution in [2.75, 3.05) is 30.6 Å². The van der Waals surface area contributed by atoms with E-state index in [0.29, 0.717) is 45.2 Å². The second-order valence-corrected chi connectivity index (χ2v) is 5.69. The van der Waals surface area contributed by atoms with Gasteiger partial charge in [0.2, 0.25) is 0 Å². The summed E-state index contributed by atoms with van der Waals surface area (Å²) in [7, 11) is 3.18. The molecule has 8 heteroatoms. The quantitative estimate of drug-likeness (QED) is 0.597. The van der Waals surface area contributed by atoms with Gasteiger partial charge in [-0.1, -0.05) is 23.7 Å². The summed E-state index contributed by atoms with van der Waals surface area (Å²) in [6.07, 6.45) is 1.41. The molecule has 0 amide bonds. The molecule has 0 aliphatic heterocycles. The Morgan fingerprint density at radius 1 is 0.923 bits per heavy atom. The van der Waals surface area contributed by atoms with Crippen molar-refractivity contribution in [1.29, 1.82) is 0 Å². The van der Waals surface area contributed by atoms with Crippen LogP contribution in [0.5, 0.6) is 11.5 Å². The molecule has 0 bridgehead atoms. The van der Waals surface area contributed by atoms with E-state index in [1.165, 1.54) is 6.33 Å². The lowest BCUT2D eigenvalue weighted by Crippen LogP contribution is -2.06. The van der Waals surface area contributed by atoms with Crippen LogP contribution in [0.1, 0.15) is 0 Å². The zero-order valence-corrected chi connectivity index (χ0v) is 15.0. The molecule has 0 aliphatic carbocycles. The molecule has 0 fully saturated rings. The molecule has 0 aliphatic rings. The summed E-state index contributed by atoms with van der Waals surface area (Å²) in [5, 5.41) is 6.83. The molecule has 3 aromatic rings. The van der Waals surface area contributed by atoms with E-state index >= 15 is 0 Å². The number of rotatable bonds is 6. The fourth-order valence-corrected chi connectivity index (χ4v) is 2.51. The van der Waals surface area contributed by atoms with Crippen LogP contribution in [-0.2, 0) is 0 Å². The number of anilines is 5. The molecule has 4 N–H and O–H groups in total. The van der Waals surface area contributed by atoms with E-state index in [1.54, 1.807) is 38.5 Å². The number of aromatic nitrogens is 2. The molecule has 2 aromatic carbocycles. The summed E-state index contributed by atoms with van der Waals surface area (Å²) >= 11 is 6.18. The topological polar surface area (TPSA) is 94.3 Å². The number of halogens is 1. The average Bonchev–Trinajstić information content (AvgIpc) is 2.66. The molecule has 134 valence electrons. The molecule has 0 saturated heterocycles. The minimum absolute atomic E-state index is 0.345. The molecule has 7 nitrogen and oxygen atoms in total. The molecular formula is C18H18ClN5O2. The standard InChI is InChI=1S/C18H18ClN5O2/c1-25-11-7-8-15(26-2)14(9-11)24-18-16(20)17(21-10-22-18)23-13-6-4-3-5-12(13)19/h3-10H,20H2,1-2H3,(H2,21,22,23,24). The maximum atomic E-state index is 6.23. The van der Waals surface area contributed by atoms with Gasteiger partial charge in [-0.05, 0) is 24.3 Å². The van der Waals surface area contributed by atoms with Crippen molar-refractivity contribution in [1.82, 2.24) is 9.97 Å². The van der Waals surface area contributed by atoms with Crippen LogP contribution >= 0.6 is 11.6 Å². The van der Waals surface area contributed by atoms with Gasteiger partial charge in [-0.3, -0.25) is 0 Å². The first-order valence-corrected chi connectivity index (χ1v) is 8.11. The summed E-state index contributed by atoms with van der Waals surface area (Å²) < 4.78 is 10.6. The van der Waals surface area contributed by atoms with Crippen molar-refractivity contribution in [3.8, 4) is 11.5 Å². The van der Waals surface area contributed by atoms with Crippen LogP contribution in [-0.4, -0.2) is 24.2 Å². The molecule has 0 atom stereocenters. The molecule has 1 heterocycles. The van der Waals surface area contributed by atoms with Crippen LogP contribution in [0.3, 0.4) is 0 Å². The summed E-state index contributed by atoms with van der Waals surface area (Å²) in [5.74, 6) is 2.18. The number of nitrogens with one attached hydrogen (secondary N) is 2. The number of methoxy groups -OCH3 is 2. The normalized spacial score (nSPS) is 10.3. The molecule has 26 heavy (non-hydrogen) atoms. The fraction of sp³-hybridized carbons (Fsp3) is 0.111. The largest absolute Gasteiger partial charge is 0.497 e. The summed E-state index contributed by atoms with van der Waals surface area (Å²) in [4.78, 5) is 8.40. The van der Waals surface area contributed by atoms with Crippen molar-refractivity contribution in [3.63, 3.8) is 0 Å². The Labute approximate surface area is 156 Å². The zero-order chi connectivity index (χ0) is 18.5. The molecule has 0 unspecified atom stereocenters. The number of nitrogens with two attached hydrogens (primary N) is 1. The van der Waals surface area contributed by atoms with Gasteiger partial charge in [0, 0.05) is 6.07 Å². The first-order valence-electron chi connectivity index (χ1n) is 7.73. The maximum Gasteiger partial charge on any atom is 0.159 e. The van der Waals surface area contributed by atoms with E-state index in [4.69, 9.17) is 26.8 Å². The predicted molar refractivity (Wildman–Crippen MR) is 104 cm³/mol. The van der Waals surface area contributed by atoms with Crippen molar-refractivity contribution in [2.45, 2.75) is 0 Å². The summed E-state index contributed by atoms with van der Waals surface area (Å²) in [6.45, 7) is 0. The van der Waals surface area contributed by atoms with E-state index in [9.17, 15) is 0 Å². The monoisotopic (exact) mass is 371 g/mol.